The van der Waals surface area contributed by atoms with Crippen LogP contribution in [0.4, 0.5) is 0 Å². The molecule has 8 heteroatoms. The number of hydrogen-bond donors (Lipinski definition) is 1. The molecule has 0 radical (unpaired) electrons. The molecule has 1 amide bonds. The first kappa shape index (κ1) is 25.1. The average Bonchev–Trinajstić information content (AvgIpc) is 2.88. The fourth-order valence-corrected chi connectivity index (χ4v) is 5.48. The molecule has 0 spiro atoms. The number of carbonyl (C=O) groups is 1. The smallest absolute Gasteiger partial charge is 0.262 e. The predicted octanol–water partition coefficient (Wildman–Crippen LogP) is 4.44. The van der Waals surface area contributed by atoms with E-state index in [2.05, 4.69) is 12.2 Å². The van der Waals surface area contributed by atoms with Gasteiger partial charge in [0.25, 0.3) is 5.56 Å². The molecule has 0 saturated heterocycles. The Bertz CT molecular complexity index is 1240. The lowest BCUT2D eigenvalue weighted by molar-refractivity contribution is -0.119. The van der Waals surface area contributed by atoms with Crippen molar-refractivity contribution in [3.8, 4) is 11.5 Å². The van der Waals surface area contributed by atoms with Crippen LogP contribution >= 0.6 is 11.8 Å². The van der Waals surface area contributed by atoms with Gasteiger partial charge in [0.2, 0.25) is 5.91 Å². The van der Waals surface area contributed by atoms with Gasteiger partial charge in [-0.1, -0.05) is 49.7 Å². The van der Waals surface area contributed by atoms with Crippen LogP contribution in [0.15, 0.2) is 52.4 Å². The van der Waals surface area contributed by atoms with E-state index in [9.17, 15) is 9.59 Å². The zero-order chi connectivity index (χ0) is 24.8. The van der Waals surface area contributed by atoms with Crippen molar-refractivity contribution in [2.24, 2.45) is 5.92 Å². The molecule has 186 valence electrons. The molecule has 2 atom stereocenters. The van der Waals surface area contributed by atoms with Crippen LogP contribution in [0.2, 0.25) is 0 Å². The summed E-state index contributed by atoms with van der Waals surface area (Å²) in [7, 11) is 3.21. The van der Waals surface area contributed by atoms with Crippen molar-refractivity contribution in [1.82, 2.24) is 14.9 Å². The van der Waals surface area contributed by atoms with E-state index in [1.54, 1.807) is 24.9 Å². The van der Waals surface area contributed by atoms with Crippen molar-refractivity contribution in [1.29, 1.82) is 0 Å². The Hall–Kier alpha value is -3.00. The van der Waals surface area contributed by atoms with E-state index in [0.717, 1.165) is 24.8 Å². The van der Waals surface area contributed by atoms with Crippen molar-refractivity contribution >= 4 is 28.6 Å². The molecular weight excluding hydrogens is 462 g/mol. The number of amides is 1. The molecule has 1 aliphatic rings. The Morgan fingerprint density at radius 1 is 1.11 bits per heavy atom. The third kappa shape index (κ3) is 5.99. The highest BCUT2D eigenvalue weighted by Crippen LogP contribution is 2.28. The minimum atomic E-state index is -0.0973. The Labute approximate surface area is 210 Å². The highest BCUT2D eigenvalue weighted by molar-refractivity contribution is 7.99. The lowest BCUT2D eigenvalue weighted by Gasteiger charge is -2.29. The molecule has 1 N–H and O–H groups in total. The number of para-hydroxylation sites is 1. The Morgan fingerprint density at radius 2 is 1.89 bits per heavy atom. The van der Waals surface area contributed by atoms with Crippen LogP contribution < -0.4 is 20.3 Å². The topological polar surface area (TPSA) is 82.5 Å². The molecule has 1 saturated carbocycles. The van der Waals surface area contributed by atoms with E-state index in [1.807, 2.05) is 36.4 Å². The van der Waals surface area contributed by atoms with E-state index in [1.165, 1.54) is 18.2 Å². The first-order valence-electron chi connectivity index (χ1n) is 12.1. The van der Waals surface area contributed by atoms with E-state index in [-0.39, 0.29) is 23.3 Å². The third-order valence-electron chi connectivity index (χ3n) is 6.69. The van der Waals surface area contributed by atoms with Crippen molar-refractivity contribution in [2.45, 2.75) is 56.8 Å². The third-order valence-corrected chi connectivity index (χ3v) is 7.67. The highest BCUT2D eigenvalue weighted by Gasteiger charge is 2.23. The molecule has 1 fully saturated rings. The van der Waals surface area contributed by atoms with Gasteiger partial charge in [-0.3, -0.25) is 14.2 Å². The van der Waals surface area contributed by atoms with Gasteiger partial charge in [-0.05, 0) is 55.0 Å². The quantitative estimate of drug-likeness (QED) is 0.349. The number of ether oxygens (including phenoxy) is 2. The molecule has 1 aliphatic carbocycles. The summed E-state index contributed by atoms with van der Waals surface area (Å²) in [6.07, 6.45) is 5.18. The van der Waals surface area contributed by atoms with Crippen molar-refractivity contribution in [2.75, 3.05) is 20.0 Å². The Kier molecular flexibility index (Phi) is 8.33. The second kappa shape index (κ2) is 11.6. The highest BCUT2D eigenvalue weighted by atomic mass is 32.2. The number of nitrogens with one attached hydrogen (secondary N) is 1. The van der Waals surface area contributed by atoms with Gasteiger partial charge in [0.05, 0.1) is 30.9 Å². The minimum absolute atomic E-state index is 0.0115. The minimum Gasteiger partial charge on any atom is -0.493 e. The molecule has 35 heavy (non-hydrogen) atoms. The maximum atomic E-state index is 13.4. The fraction of sp³-hybridized carbons (Fsp3) is 0.444. The summed E-state index contributed by atoms with van der Waals surface area (Å²) in [5, 5.41) is 4.32. The lowest BCUT2D eigenvalue weighted by Crippen LogP contribution is -2.42. The number of methoxy groups -OCH3 is 2. The number of fused-ring (bicyclic) bond motifs is 1. The summed E-state index contributed by atoms with van der Waals surface area (Å²) in [6.45, 7) is 2.64. The Morgan fingerprint density at radius 3 is 2.66 bits per heavy atom. The molecular formula is C27H33N3O4S. The SMILES string of the molecule is COc1ccc(CCn2c(SCC(=O)N[C@H]3CCCC[C@@H]3C)nc3ccccc3c2=O)cc1OC. The van der Waals surface area contributed by atoms with Crippen LogP contribution in [0.5, 0.6) is 11.5 Å². The van der Waals surface area contributed by atoms with Crippen molar-refractivity contribution in [3.05, 3.63) is 58.4 Å². The standard InChI is InChI=1S/C27H33N3O4S/c1-18-8-4-6-10-21(18)28-25(31)17-35-27-29-22-11-7-5-9-20(22)26(32)30(27)15-14-19-12-13-23(33-2)24(16-19)34-3/h5,7,9,11-13,16,18,21H,4,6,8,10,14-15,17H2,1-3H3,(H,28,31)/t18-,21-/m0/s1. The largest absolute Gasteiger partial charge is 0.493 e. The van der Waals surface area contributed by atoms with E-state index in [4.69, 9.17) is 14.5 Å². The van der Waals surface area contributed by atoms with E-state index < -0.39 is 0 Å². The summed E-state index contributed by atoms with van der Waals surface area (Å²) < 4.78 is 12.4. The summed E-state index contributed by atoms with van der Waals surface area (Å²) in [6, 6.07) is 13.3. The van der Waals surface area contributed by atoms with Crippen LogP contribution in [-0.4, -0.2) is 41.5 Å². The van der Waals surface area contributed by atoms with E-state index in [0.29, 0.717) is 46.4 Å². The van der Waals surface area contributed by atoms with E-state index >= 15 is 0 Å². The number of rotatable bonds is 9. The van der Waals surface area contributed by atoms with Gasteiger partial charge in [0.15, 0.2) is 16.7 Å². The molecule has 0 bridgehead atoms. The molecule has 1 heterocycles. The molecule has 0 unspecified atom stereocenters. The first-order valence-corrected chi connectivity index (χ1v) is 13.1. The van der Waals surface area contributed by atoms with Crippen LogP contribution in [0.25, 0.3) is 10.9 Å². The van der Waals surface area contributed by atoms with Crippen LogP contribution in [-0.2, 0) is 17.8 Å². The fourth-order valence-electron chi connectivity index (χ4n) is 4.64. The van der Waals surface area contributed by atoms with Gasteiger partial charge in [-0.2, -0.15) is 0 Å². The molecule has 7 nitrogen and oxygen atoms in total. The number of thioether (sulfide) groups is 1. The molecule has 4 rings (SSSR count). The summed E-state index contributed by atoms with van der Waals surface area (Å²) >= 11 is 1.32. The molecule has 3 aromatic rings. The van der Waals surface area contributed by atoms with Gasteiger partial charge in [-0.15, -0.1) is 0 Å². The first-order chi connectivity index (χ1) is 17.0. The number of aryl methyl sites for hydroxylation is 1. The van der Waals surface area contributed by atoms with Crippen molar-refractivity contribution in [3.63, 3.8) is 0 Å². The summed E-state index contributed by atoms with van der Waals surface area (Å²) in [4.78, 5) is 30.8. The van der Waals surface area contributed by atoms with Crippen LogP contribution in [0, 0.1) is 5.92 Å². The van der Waals surface area contributed by atoms with Gasteiger partial charge in [0, 0.05) is 12.6 Å². The van der Waals surface area contributed by atoms with Gasteiger partial charge in [-0.25, -0.2) is 4.98 Å². The van der Waals surface area contributed by atoms with Gasteiger partial charge >= 0.3 is 0 Å². The van der Waals surface area contributed by atoms with Crippen LogP contribution in [0.1, 0.15) is 38.2 Å². The van der Waals surface area contributed by atoms with Gasteiger partial charge < -0.3 is 14.8 Å². The number of carbonyl (C=O) groups excluding carboxylic acids is 1. The summed E-state index contributed by atoms with van der Waals surface area (Å²) in [5.74, 6) is 2.02. The maximum absolute atomic E-state index is 13.4. The average molecular weight is 496 g/mol. The number of aromatic nitrogens is 2. The predicted molar refractivity (Wildman–Crippen MR) is 140 cm³/mol. The molecule has 2 aromatic carbocycles. The monoisotopic (exact) mass is 495 g/mol. The zero-order valence-electron chi connectivity index (χ0n) is 20.6. The molecule has 0 aliphatic heterocycles. The Balaban J connectivity index is 1.53. The molecule has 1 aromatic heterocycles. The van der Waals surface area contributed by atoms with Gasteiger partial charge in [0.1, 0.15) is 0 Å². The van der Waals surface area contributed by atoms with Crippen LogP contribution in [0.3, 0.4) is 0 Å². The lowest BCUT2D eigenvalue weighted by atomic mass is 9.86. The number of benzene rings is 2. The normalized spacial score (nSPS) is 17.8. The second-order valence-electron chi connectivity index (χ2n) is 9.03. The number of hydrogen-bond acceptors (Lipinski definition) is 6. The maximum Gasteiger partial charge on any atom is 0.262 e. The van der Waals surface area contributed by atoms with Crippen molar-refractivity contribution < 1.29 is 14.3 Å². The second-order valence-corrected chi connectivity index (χ2v) is 9.97. The zero-order valence-corrected chi connectivity index (χ0v) is 21.4. The summed E-state index contributed by atoms with van der Waals surface area (Å²) in [5.41, 5.74) is 1.56. The number of nitrogens with zero attached hydrogens (tertiary/aromatic N) is 2.